The average molecular weight is 385 g/mol. The third kappa shape index (κ3) is 4.41. The number of amides is 1. The minimum atomic E-state index is 0.0532. The lowest BCUT2D eigenvalue weighted by Crippen LogP contribution is -2.53. The fourth-order valence-corrected chi connectivity index (χ4v) is 5.46. The number of pyridine rings is 1. The maximum absolute atomic E-state index is 13.2. The number of hydrogen-bond donors (Lipinski definition) is 0. The molecule has 3 aliphatic rings. The molecular weight excluding hydrogens is 348 g/mol. The molecule has 5 heteroatoms. The van der Waals surface area contributed by atoms with Crippen LogP contribution in [0.15, 0.2) is 24.5 Å². The van der Waals surface area contributed by atoms with E-state index >= 15 is 0 Å². The molecule has 0 N–H and O–H groups in total. The number of rotatable bonds is 4. The molecule has 0 radical (unpaired) electrons. The highest BCUT2D eigenvalue weighted by Crippen LogP contribution is 2.32. The number of carbonyl (C=O) groups excluding carboxylic acids is 1. The van der Waals surface area contributed by atoms with Crippen LogP contribution in [0.3, 0.4) is 0 Å². The second-order valence-corrected chi connectivity index (χ2v) is 9.60. The molecule has 0 spiro atoms. The summed E-state index contributed by atoms with van der Waals surface area (Å²) in [6.45, 7) is 10.9. The summed E-state index contributed by atoms with van der Waals surface area (Å²) in [7, 11) is 0. The summed E-state index contributed by atoms with van der Waals surface area (Å²) < 4.78 is 0. The van der Waals surface area contributed by atoms with E-state index < -0.39 is 0 Å². The van der Waals surface area contributed by atoms with Crippen molar-refractivity contribution >= 4 is 5.91 Å². The molecule has 154 valence electrons. The molecule has 1 atom stereocenters. The van der Waals surface area contributed by atoms with Crippen LogP contribution in [0.5, 0.6) is 0 Å². The third-order valence-corrected chi connectivity index (χ3v) is 7.20. The Morgan fingerprint density at radius 1 is 1.07 bits per heavy atom. The van der Waals surface area contributed by atoms with Gasteiger partial charge in [-0.3, -0.25) is 19.6 Å². The van der Waals surface area contributed by atoms with Gasteiger partial charge in [0.2, 0.25) is 5.91 Å². The molecule has 4 heterocycles. The maximum atomic E-state index is 13.2. The first-order chi connectivity index (χ1) is 13.5. The minimum absolute atomic E-state index is 0.0532. The average Bonchev–Trinajstić information content (AvgIpc) is 3.08. The van der Waals surface area contributed by atoms with Crippen LogP contribution in [0.25, 0.3) is 0 Å². The van der Waals surface area contributed by atoms with Gasteiger partial charge < -0.3 is 4.90 Å². The molecule has 4 rings (SSSR count). The topological polar surface area (TPSA) is 39.7 Å². The van der Waals surface area contributed by atoms with E-state index in [9.17, 15) is 4.79 Å². The first-order valence-corrected chi connectivity index (χ1v) is 11.2. The zero-order chi connectivity index (χ0) is 19.6. The van der Waals surface area contributed by atoms with Gasteiger partial charge in [0.15, 0.2) is 0 Å². The summed E-state index contributed by atoms with van der Waals surface area (Å²) in [5.74, 6) is 0.628. The van der Waals surface area contributed by atoms with Crippen molar-refractivity contribution in [2.24, 2.45) is 5.92 Å². The van der Waals surface area contributed by atoms with Gasteiger partial charge in [-0.1, -0.05) is 0 Å². The molecule has 1 aromatic rings. The lowest BCUT2D eigenvalue weighted by atomic mass is 9.91. The van der Waals surface area contributed by atoms with Crippen LogP contribution < -0.4 is 0 Å². The molecule has 1 amide bonds. The van der Waals surface area contributed by atoms with Gasteiger partial charge in [-0.15, -0.1) is 0 Å². The molecule has 0 saturated carbocycles. The predicted molar refractivity (Wildman–Crippen MR) is 112 cm³/mol. The van der Waals surface area contributed by atoms with Crippen LogP contribution in [0, 0.1) is 5.92 Å². The summed E-state index contributed by atoms with van der Waals surface area (Å²) in [6.07, 6.45) is 10.8. The van der Waals surface area contributed by atoms with E-state index in [0.717, 1.165) is 52.0 Å². The van der Waals surface area contributed by atoms with Gasteiger partial charge in [0.25, 0.3) is 0 Å². The van der Waals surface area contributed by atoms with Gasteiger partial charge >= 0.3 is 0 Å². The Bertz CT molecular complexity index is 654. The van der Waals surface area contributed by atoms with Crippen molar-refractivity contribution in [2.45, 2.75) is 70.5 Å². The molecule has 1 aromatic heterocycles. The number of nitrogens with zero attached hydrogens (tertiary/aromatic N) is 4. The Balaban J connectivity index is 1.29. The molecule has 0 bridgehead atoms. The van der Waals surface area contributed by atoms with E-state index in [1.807, 2.05) is 12.4 Å². The van der Waals surface area contributed by atoms with Crippen LogP contribution >= 0.6 is 0 Å². The molecule has 0 aliphatic carbocycles. The van der Waals surface area contributed by atoms with E-state index in [4.69, 9.17) is 0 Å². The van der Waals surface area contributed by atoms with E-state index in [0.29, 0.717) is 11.9 Å². The standard InChI is InChI=1S/C23H36N4O/c1-23(2)10-4-14-27(23)22(28)20-5-3-13-26(18-20)21-8-15-25(16-9-21)17-19-6-11-24-12-7-19/h6-7,11-12,20-21H,3-5,8-10,13-18H2,1-2H3. The Hall–Kier alpha value is -1.46. The van der Waals surface area contributed by atoms with E-state index in [1.165, 1.54) is 31.4 Å². The normalized spacial score (nSPS) is 27.2. The summed E-state index contributed by atoms with van der Waals surface area (Å²) in [5, 5.41) is 0. The molecule has 28 heavy (non-hydrogen) atoms. The van der Waals surface area contributed by atoms with Crippen molar-refractivity contribution in [1.82, 2.24) is 19.7 Å². The first kappa shape index (κ1) is 19.8. The van der Waals surface area contributed by atoms with Gasteiger partial charge in [-0.05, 0) is 89.7 Å². The van der Waals surface area contributed by atoms with Gasteiger partial charge in [0.05, 0.1) is 5.92 Å². The monoisotopic (exact) mass is 384 g/mol. The van der Waals surface area contributed by atoms with Gasteiger partial charge in [-0.2, -0.15) is 0 Å². The second-order valence-electron chi connectivity index (χ2n) is 9.60. The lowest BCUT2D eigenvalue weighted by molar-refractivity contribution is -0.141. The summed E-state index contributed by atoms with van der Waals surface area (Å²) in [5.41, 5.74) is 1.41. The van der Waals surface area contributed by atoms with Crippen molar-refractivity contribution in [3.05, 3.63) is 30.1 Å². The quantitative estimate of drug-likeness (QED) is 0.799. The van der Waals surface area contributed by atoms with Crippen molar-refractivity contribution in [3.63, 3.8) is 0 Å². The Kier molecular flexibility index (Phi) is 6.02. The number of carbonyl (C=O) groups is 1. The number of hydrogen-bond acceptors (Lipinski definition) is 4. The molecule has 3 fully saturated rings. The Labute approximate surface area is 170 Å². The molecule has 3 saturated heterocycles. The summed E-state index contributed by atoms with van der Waals surface area (Å²) in [6, 6.07) is 4.88. The highest BCUT2D eigenvalue weighted by Gasteiger charge is 2.40. The smallest absolute Gasteiger partial charge is 0.227 e. The highest BCUT2D eigenvalue weighted by atomic mass is 16.2. The maximum Gasteiger partial charge on any atom is 0.227 e. The van der Waals surface area contributed by atoms with Crippen molar-refractivity contribution in [1.29, 1.82) is 0 Å². The van der Waals surface area contributed by atoms with Crippen molar-refractivity contribution in [2.75, 3.05) is 32.7 Å². The molecular formula is C23H36N4O. The molecule has 5 nitrogen and oxygen atoms in total. The number of aromatic nitrogens is 1. The van der Waals surface area contributed by atoms with Gasteiger partial charge in [0, 0.05) is 43.6 Å². The van der Waals surface area contributed by atoms with E-state index in [1.54, 1.807) is 0 Å². The Morgan fingerprint density at radius 2 is 1.82 bits per heavy atom. The highest BCUT2D eigenvalue weighted by molar-refractivity contribution is 5.80. The fourth-order valence-electron chi connectivity index (χ4n) is 5.46. The molecule has 0 aromatic carbocycles. The van der Waals surface area contributed by atoms with Gasteiger partial charge in [-0.25, -0.2) is 0 Å². The summed E-state index contributed by atoms with van der Waals surface area (Å²) in [4.78, 5) is 24.7. The zero-order valence-corrected chi connectivity index (χ0v) is 17.6. The fraction of sp³-hybridized carbons (Fsp3) is 0.739. The number of piperidine rings is 2. The van der Waals surface area contributed by atoms with Crippen LogP contribution in [0.1, 0.15) is 57.9 Å². The van der Waals surface area contributed by atoms with Crippen LogP contribution in [-0.2, 0) is 11.3 Å². The predicted octanol–water partition coefficient (Wildman–Crippen LogP) is 3.16. The van der Waals surface area contributed by atoms with Crippen molar-refractivity contribution < 1.29 is 4.79 Å². The zero-order valence-electron chi connectivity index (χ0n) is 17.6. The van der Waals surface area contributed by atoms with Gasteiger partial charge in [0.1, 0.15) is 0 Å². The van der Waals surface area contributed by atoms with E-state index in [2.05, 4.69) is 45.7 Å². The molecule has 1 unspecified atom stereocenters. The second kappa shape index (κ2) is 8.50. The molecule has 3 aliphatic heterocycles. The Morgan fingerprint density at radius 3 is 2.50 bits per heavy atom. The summed E-state index contributed by atoms with van der Waals surface area (Å²) >= 11 is 0. The first-order valence-electron chi connectivity index (χ1n) is 11.2. The van der Waals surface area contributed by atoms with Crippen LogP contribution in [0.2, 0.25) is 0 Å². The lowest BCUT2D eigenvalue weighted by Gasteiger charge is -2.43. The minimum Gasteiger partial charge on any atom is -0.337 e. The largest absolute Gasteiger partial charge is 0.337 e. The SMILES string of the molecule is CC1(C)CCCN1C(=O)C1CCCN(C2CCN(Cc3ccncc3)CC2)C1. The number of likely N-dealkylation sites (tertiary alicyclic amines) is 3. The van der Waals surface area contributed by atoms with E-state index in [-0.39, 0.29) is 11.5 Å². The third-order valence-electron chi connectivity index (χ3n) is 7.20. The van der Waals surface area contributed by atoms with Crippen LogP contribution in [0.4, 0.5) is 0 Å². The van der Waals surface area contributed by atoms with Crippen molar-refractivity contribution in [3.8, 4) is 0 Å². The van der Waals surface area contributed by atoms with Crippen LogP contribution in [-0.4, -0.2) is 69.9 Å².